The van der Waals surface area contributed by atoms with Gasteiger partial charge in [-0.2, -0.15) is 0 Å². The number of rotatable bonds is 8. The predicted molar refractivity (Wildman–Crippen MR) is 142 cm³/mol. The van der Waals surface area contributed by atoms with Crippen molar-refractivity contribution in [2.45, 2.75) is 13.8 Å². The van der Waals surface area contributed by atoms with Gasteiger partial charge in [-0.15, -0.1) is 0 Å². The Kier molecular flexibility index (Phi) is 7.86. The number of hydrogen-bond acceptors (Lipinski definition) is 8. The largest absolute Gasteiger partial charge is 0.504 e. The minimum absolute atomic E-state index is 0.0704. The second-order valence-electron chi connectivity index (χ2n) is 8.47. The van der Waals surface area contributed by atoms with Gasteiger partial charge in [0, 0.05) is 11.1 Å². The van der Waals surface area contributed by atoms with Crippen LogP contribution in [0.5, 0.6) is 17.2 Å². The van der Waals surface area contributed by atoms with E-state index in [0.29, 0.717) is 5.56 Å². The molecule has 196 valence electrons. The molecule has 4 rings (SSSR count). The molecule has 0 aliphatic rings. The third-order valence-corrected chi connectivity index (χ3v) is 5.97. The van der Waals surface area contributed by atoms with Gasteiger partial charge in [0.15, 0.2) is 23.1 Å². The van der Waals surface area contributed by atoms with Crippen molar-refractivity contribution in [3.8, 4) is 17.2 Å². The molecule has 0 atom stereocenters. The van der Waals surface area contributed by atoms with Crippen molar-refractivity contribution < 1.29 is 38.9 Å². The smallest absolute Gasteiger partial charge is 0.343 e. The lowest BCUT2D eigenvalue weighted by Crippen LogP contribution is -2.22. The fourth-order valence-corrected chi connectivity index (χ4v) is 4.07. The Morgan fingerprint density at radius 2 is 1.21 bits per heavy atom. The van der Waals surface area contributed by atoms with Crippen molar-refractivity contribution in [3.63, 3.8) is 0 Å². The summed E-state index contributed by atoms with van der Waals surface area (Å²) in [7, 11) is 0. The number of aryl methyl sites for hydroxylation is 1. The molecule has 0 aromatic heterocycles. The molecule has 2 N–H and O–H groups in total. The summed E-state index contributed by atoms with van der Waals surface area (Å²) in [6.45, 7) is 3.05. The van der Waals surface area contributed by atoms with E-state index >= 15 is 0 Å². The molecule has 4 aromatic rings. The minimum Gasteiger partial charge on any atom is -0.504 e. The van der Waals surface area contributed by atoms with Crippen LogP contribution in [0.1, 0.15) is 65.0 Å². The van der Waals surface area contributed by atoms with Crippen LogP contribution in [-0.4, -0.2) is 40.3 Å². The number of carbonyl (C=O) groups excluding carboxylic acids is 4. The molecule has 4 aromatic carbocycles. The SMILES string of the molecule is CCOC(=O)c1c(C(=O)c2ccccc2)c(O)c(O)c(OC(=O)c2ccccc2)c1C(=O)c1ccccc1C. The molecule has 0 radical (unpaired) electrons. The van der Waals surface area contributed by atoms with E-state index in [9.17, 15) is 29.4 Å². The summed E-state index contributed by atoms with van der Waals surface area (Å²) < 4.78 is 10.6. The molecule has 0 amide bonds. The van der Waals surface area contributed by atoms with Gasteiger partial charge in [0.05, 0.1) is 28.9 Å². The first-order valence-corrected chi connectivity index (χ1v) is 12.0. The van der Waals surface area contributed by atoms with E-state index in [1.165, 1.54) is 37.3 Å². The highest BCUT2D eigenvalue weighted by atomic mass is 16.5. The van der Waals surface area contributed by atoms with Gasteiger partial charge in [-0.05, 0) is 31.5 Å². The lowest BCUT2D eigenvalue weighted by molar-refractivity contribution is 0.0517. The lowest BCUT2D eigenvalue weighted by atomic mass is 9.87. The summed E-state index contributed by atoms with van der Waals surface area (Å²) >= 11 is 0. The molecule has 0 bridgehead atoms. The summed E-state index contributed by atoms with van der Waals surface area (Å²) in [4.78, 5) is 53.9. The number of esters is 2. The predicted octanol–water partition coefficient (Wildman–Crippen LogP) is 5.26. The van der Waals surface area contributed by atoms with Crippen LogP contribution in [0.2, 0.25) is 0 Å². The number of ether oxygens (including phenoxy) is 2. The lowest BCUT2D eigenvalue weighted by Gasteiger charge is -2.20. The maximum absolute atomic E-state index is 14.0. The normalized spacial score (nSPS) is 10.5. The zero-order chi connectivity index (χ0) is 28.1. The minimum atomic E-state index is -1.12. The molecular weight excluding hydrogens is 500 g/mol. The first-order valence-electron chi connectivity index (χ1n) is 12.0. The number of benzene rings is 4. The van der Waals surface area contributed by atoms with Crippen molar-refractivity contribution in [2.24, 2.45) is 0 Å². The quantitative estimate of drug-likeness (QED) is 0.138. The van der Waals surface area contributed by atoms with Gasteiger partial charge in [0.25, 0.3) is 0 Å². The first kappa shape index (κ1) is 26.8. The average molecular weight is 525 g/mol. The molecule has 0 saturated carbocycles. The Morgan fingerprint density at radius 1 is 0.641 bits per heavy atom. The molecule has 0 fully saturated rings. The number of phenols is 2. The summed E-state index contributed by atoms with van der Waals surface area (Å²) in [5, 5.41) is 22.1. The molecule has 0 heterocycles. The van der Waals surface area contributed by atoms with Crippen molar-refractivity contribution in [1.82, 2.24) is 0 Å². The van der Waals surface area contributed by atoms with Gasteiger partial charge >= 0.3 is 11.9 Å². The monoisotopic (exact) mass is 524 g/mol. The molecule has 39 heavy (non-hydrogen) atoms. The van der Waals surface area contributed by atoms with Gasteiger partial charge in [-0.3, -0.25) is 9.59 Å². The van der Waals surface area contributed by atoms with E-state index in [1.54, 1.807) is 61.5 Å². The topological polar surface area (TPSA) is 127 Å². The molecule has 0 saturated heterocycles. The first-order chi connectivity index (χ1) is 18.8. The number of carbonyl (C=O) groups is 4. The van der Waals surface area contributed by atoms with Crippen LogP contribution in [0.4, 0.5) is 0 Å². The van der Waals surface area contributed by atoms with Gasteiger partial charge in [-0.1, -0.05) is 72.8 Å². The molecule has 0 spiro atoms. The van der Waals surface area contributed by atoms with Crippen LogP contribution < -0.4 is 4.74 Å². The third kappa shape index (κ3) is 5.26. The zero-order valence-electron chi connectivity index (χ0n) is 21.1. The summed E-state index contributed by atoms with van der Waals surface area (Å²) in [6.07, 6.45) is 0. The number of phenolic OH excluding ortho intramolecular Hbond substituents is 2. The highest BCUT2D eigenvalue weighted by Gasteiger charge is 2.37. The highest BCUT2D eigenvalue weighted by Crippen LogP contribution is 2.46. The molecule has 0 aliphatic carbocycles. The van der Waals surface area contributed by atoms with E-state index in [2.05, 4.69) is 0 Å². The summed E-state index contributed by atoms with van der Waals surface area (Å²) in [6, 6.07) is 21.9. The van der Waals surface area contributed by atoms with Crippen LogP contribution in [0.25, 0.3) is 0 Å². The number of hydrogen-bond donors (Lipinski definition) is 2. The summed E-state index contributed by atoms with van der Waals surface area (Å²) in [5.41, 5.74) is -1.11. The van der Waals surface area contributed by atoms with Crippen molar-refractivity contribution >= 4 is 23.5 Å². The van der Waals surface area contributed by atoms with Crippen LogP contribution in [0.15, 0.2) is 84.9 Å². The van der Waals surface area contributed by atoms with E-state index in [4.69, 9.17) is 9.47 Å². The van der Waals surface area contributed by atoms with Crippen molar-refractivity contribution in [1.29, 1.82) is 0 Å². The van der Waals surface area contributed by atoms with Gasteiger partial charge in [-0.25, -0.2) is 9.59 Å². The standard InChI is InChI=1S/C31H24O8/c1-3-38-31(37)22-23(25(32)19-13-6-4-7-14-19)27(34)28(35)29(39-30(36)20-15-8-5-9-16-20)24(22)26(33)21-17-11-10-12-18(21)2/h4-17,34-35H,3H2,1-2H3. The van der Waals surface area contributed by atoms with Gasteiger partial charge in [0.2, 0.25) is 5.75 Å². The number of ketones is 2. The second kappa shape index (κ2) is 11.4. The zero-order valence-corrected chi connectivity index (χ0v) is 21.1. The molecule has 0 aliphatic heterocycles. The van der Waals surface area contributed by atoms with E-state index < -0.39 is 57.4 Å². The Balaban J connectivity index is 2.07. The van der Waals surface area contributed by atoms with E-state index in [0.717, 1.165) is 0 Å². The third-order valence-electron chi connectivity index (χ3n) is 5.97. The Hall–Kier alpha value is -5.24. The average Bonchev–Trinajstić information content (AvgIpc) is 2.96. The van der Waals surface area contributed by atoms with E-state index in [1.807, 2.05) is 0 Å². The fraction of sp³-hybridized carbons (Fsp3) is 0.0968. The van der Waals surface area contributed by atoms with Crippen LogP contribution in [0.3, 0.4) is 0 Å². The van der Waals surface area contributed by atoms with Crippen molar-refractivity contribution in [3.05, 3.63) is 124 Å². The Labute approximate surface area is 224 Å². The maximum atomic E-state index is 14.0. The van der Waals surface area contributed by atoms with Crippen molar-refractivity contribution in [2.75, 3.05) is 6.61 Å². The highest BCUT2D eigenvalue weighted by molar-refractivity contribution is 6.24. The summed E-state index contributed by atoms with van der Waals surface area (Å²) in [5.74, 6) is -6.65. The second-order valence-corrected chi connectivity index (χ2v) is 8.47. The fourth-order valence-electron chi connectivity index (χ4n) is 4.07. The van der Waals surface area contributed by atoms with Crippen LogP contribution >= 0.6 is 0 Å². The molecular formula is C31H24O8. The van der Waals surface area contributed by atoms with Gasteiger partial charge < -0.3 is 19.7 Å². The van der Waals surface area contributed by atoms with Crippen LogP contribution in [0, 0.1) is 6.92 Å². The number of aromatic hydroxyl groups is 2. The Morgan fingerprint density at radius 3 is 1.79 bits per heavy atom. The Bertz CT molecular complexity index is 1570. The van der Waals surface area contributed by atoms with Crippen LogP contribution in [-0.2, 0) is 4.74 Å². The van der Waals surface area contributed by atoms with Gasteiger partial charge in [0.1, 0.15) is 0 Å². The van der Waals surface area contributed by atoms with E-state index in [-0.39, 0.29) is 23.3 Å². The molecule has 8 nitrogen and oxygen atoms in total. The molecule has 0 unspecified atom stereocenters. The maximum Gasteiger partial charge on any atom is 0.343 e. The molecule has 8 heteroatoms.